The molecule has 2 aromatic rings. The van der Waals surface area contributed by atoms with E-state index in [9.17, 15) is 4.39 Å². The van der Waals surface area contributed by atoms with Gasteiger partial charge >= 0.3 is 0 Å². The van der Waals surface area contributed by atoms with Crippen LogP contribution < -0.4 is 5.32 Å². The van der Waals surface area contributed by atoms with E-state index in [0.717, 1.165) is 11.1 Å². The average Bonchev–Trinajstić information content (AvgIpc) is 2.39. The van der Waals surface area contributed by atoms with Gasteiger partial charge in [-0.05, 0) is 62.1 Å². The third kappa shape index (κ3) is 3.45. The molecule has 1 unspecified atom stereocenters. The van der Waals surface area contributed by atoms with Crippen LogP contribution in [-0.4, -0.2) is 0 Å². The Bertz CT molecular complexity index is 604. The molecular formula is C18H22FN. The Kier molecular flexibility index (Phi) is 4.56. The highest BCUT2D eigenvalue weighted by Crippen LogP contribution is 2.19. The van der Waals surface area contributed by atoms with Gasteiger partial charge < -0.3 is 5.32 Å². The number of benzene rings is 2. The van der Waals surface area contributed by atoms with E-state index in [1.165, 1.54) is 22.8 Å². The Balaban J connectivity index is 2.08. The standard InChI is InChI=1S/C18H22FN/c1-12-5-8-18(14(3)9-12)15(4)20-11-16-10-17(19)7-6-13(16)2/h5-10,15,20H,11H2,1-4H3. The average molecular weight is 271 g/mol. The molecule has 0 fully saturated rings. The van der Waals surface area contributed by atoms with Crippen LogP contribution in [0.1, 0.15) is 40.8 Å². The second kappa shape index (κ2) is 6.19. The summed E-state index contributed by atoms with van der Waals surface area (Å²) in [5.74, 6) is -0.174. The highest BCUT2D eigenvalue weighted by Gasteiger charge is 2.09. The van der Waals surface area contributed by atoms with Crippen LogP contribution in [0.2, 0.25) is 0 Å². The summed E-state index contributed by atoms with van der Waals surface area (Å²) >= 11 is 0. The Morgan fingerprint density at radius 2 is 1.75 bits per heavy atom. The van der Waals surface area contributed by atoms with Gasteiger partial charge in [-0.25, -0.2) is 4.39 Å². The topological polar surface area (TPSA) is 12.0 Å². The quantitative estimate of drug-likeness (QED) is 0.856. The Morgan fingerprint density at radius 1 is 1.00 bits per heavy atom. The van der Waals surface area contributed by atoms with Crippen LogP contribution >= 0.6 is 0 Å². The van der Waals surface area contributed by atoms with Gasteiger partial charge in [0.2, 0.25) is 0 Å². The zero-order chi connectivity index (χ0) is 14.7. The summed E-state index contributed by atoms with van der Waals surface area (Å²) < 4.78 is 13.3. The highest BCUT2D eigenvalue weighted by molar-refractivity contribution is 5.33. The normalized spacial score (nSPS) is 12.4. The molecule has 0 aliphatic carbocycles. The summed E-state index contributed by atoms with van der Waals surface area (Å²) in [6.07, 6.45) is 0. The summed E-state index contributed by atoms with van der Waals surface area (Å²) in [5, 5.41) is 3.48. The molecule has 0 heterocycles. The zero-order valence-corrected chi connectivity index (χ0v) is 12.6. The molecule has 20 heavy (non-hydrogen) atoms. The van der Waals surface area contributed by atoms with Gasteiger partial charge in [0.1, 0.15) is 5.82 Å². The summed E-state index contributed by atoms with van der Waals surface area (Å²) in [6, 6.07) is 11.7. The molecule has 1 atom stereocenters. The Hall–Kier alpha value is -1.67. The lowest BCUT2D eigenvalue weighted by Crippen LogP contribution is -2.19. The maximum absolute atomic E-state index is 13.3. The molecule has 0 aliphatic rings. The van der Waals surface area contributed by atoms with E-state index in [1.807, 2.05) is 13.0 Å². The van der Waals surface area contributed by atoms with Crippen molar-refractivity contribution in [2.75, 3.05) is 0 Å². The molecule has 0 amide bonds. The number of rotatable bonds is 4. The number of halogens is 1. The Morgan fingerprint density at radius 3 is 2.45 bits per heavy atom. The Labute approximate surface area is 120 Å². The third-order valence-electron chi connectivity index (χ3n) is 3.80. The predicted octanol–water partition coefficient (Wildman–Crippen LogP) is 4.60. The van der Waals surface area contributed by atoms with Crippen molar-refractivity contribution >= 4 is 0 Å². The van der Waals surface area contributed by atoms with E-state index in [4.69, 9.17) is 0 Å². The van der Waals surface area contributed by atoms with Crippen LogP contribution in [-0.2, 0) is 6.54 Å². The van der Waals surface area contributed by atoms with Crippen molar-refractivity contribution in [3.05, 3.63) is 70.0 Å². The van der Waals surface area contributed by atoms with Gasteiger partial charge in [0.25, 0.3) is 0 Å². The molecule has 0 saturated carbocycles. The summed E-state index contributed by atoms with van der Waals surface area (Å²) in [7, 11) is 0. The molecular weight excluding hydrogens is 249 g/mol. The van der Waals surface area contributed by atoms with Crippen molar-refractivity contribution in [1.82, 2.24) is 5.32 Å². The molecule has 0 spiro atoms. The van der Waals surface area contributed by atoms with Crippen molar-refractivity contribution in [2.24, 2.45) is 0 Å². The van der Waals surface area contributed by atoms with Gasteiger partial charge in [0.15, 0.2) is 0 Å². The molecule has 0 radical (unpaired) electrons. The van der Waals surface area contributed by atoms with Crippen LogP contribution in [0.25, 0.3) is 0 Å². The van der Waals surface area contributed by atoms with Crippen molar-refractivity contribution in [1.29, 1.82) is 0 Å². The summed E-state index contributed by atoms with van der Waals surface area (Å²) in [5.41, 5.74) is 6.00. The molecule has 2 rings (SSSR count). The number of nitrogens with one attached hydrogen (secondary N) is 1. The summed E-state index contributed by atoms with van der Waals surface area (Å²) in [4.78, 5) is 0. The van der Waals surface area contributed by atoms with Gasteiger partial charge in [-0.1, -0.05) is 29.8 Å². The van der Waals surface area contributed by atoms with E-state index in [2.05, 4.69) is 44.3 Å². The van der Waals surface area contributed by atoms with Crippen molar-refractivity contribution in [3.63, 3.8) is 0 Å². The highest BCUT2D eigenvalue weighted by atomic mass is 19.1. The third-order valence-corrected chi connectivity index (χ3v) is 3.80. The lowest BCUT2D eigenvalue weighted by molar-refractivity contribution is 0.565. The maximum atomic E-state index is 13.3. The fraction of sp³-hybridized carbons (Fsp3) is 0.333. The molecule has 106 valence electrons. The first-order valence-electron chi connectivity index (χ1n) is 7.03. The first-order chi connectivity index (χ1) is 9.47. The van der Waals surface area contributed by atoms with Crippen molar-refractivity contribution in [2.45, 2.75) is 40.3 Å². The van der Waals surface area contributed by atoms with Gasteiger partial charge in [0, 0.05) is 12.6 Å². The van der Waals surface area contributed by atoms with Crippen molar-refractivity contribution < 1.29 is 4.39 Å². The molecule has 0 saturated heterocycles. The van der Waals surface area contributed by atoms with E-state index in [1.54, 1.807) is 6.07 Å². The second-order valence-electron chi connectivity index (χ2n) is 5.53. The van der Waals surface area contributed by atoms with Gasteiger partial charge in [-0.15, -0.1) is 0 Å². The van der Waals surface area contributed by atoms with Gasteiger partial charge in [-0.2, -0.15) is 0 Å². The molecule has 1 N–H and O–H groups in total. The van der Waals surface area contributed by atoms with Crippen molar-refractivity contribution in [3.8, 4) is 0 Å². The lowest BCUT2D eigenvalue weighted by Gasteiger charge is -2.18. The van der Waals surface area contributed by atoms with E-state index < -0.39 is 0 Å². The molecule has 2 heteroatoms. The fourth-order valence-corrected chi connectivity index (χ4v) is 2.51. The molecule has 0 aliphatic heterocycles. The SMILES string of the molecule is Cc1ccc(C(C)NCc2cc(F)ccc2C)c(C)c1. The number of hydrogen-bond donors (Lipinski definition) is 1. The maximum Gasteiger partial charge on any atom is 0.123 e. The first kappa shape index (κ1) is 14.7. The monoisotopic (exact) mass is 271 g/mol. The minimum atomic E-state index is -0.174. The van der Waals surface area contributed by atoms with Crippen LogP contribution in [0.15, 0.2) is 36.4 Å². The van der Waals surface area contributed by atoms with Crippen LogP contribution in [0.5, 0.6) is 0 Å². The first-order valence-corrected chi connectivity index (χ1v) is 7.03. The fourth-order valence-electron chi connectivity index (χ4n) is 2.51. The lowest BCUT2D eigenvalue weighted by atomic mass is 10.00. The second-order valence-corrected chi connectivity index (χ2v) is 5.53. The summed E-state index contributed by atoms with van der Waals surface area (Å²) in [6.45, 7) is 9.07. The minimum Gasteiger partial charge on any atom is -0.306 e. The van der Waals surface area contributed by atoms with Gasteiger partial charge in [-0.3, -0.25) is 0 Å². The molecule has 1 nitrogen and oxygen atoms in total. The minimum absolute atomic E-state index is 0.174. The van der Waals surface area contributed by atoms with E-state index in [0.29, 0.717) is 6.54 Å². The van der Waals surface area contributed by atoms with E-state index >= 15 is 0 Å². The van der Waals surface area contributed by atoms with Gasteiger partial charge in [0.05, 0.1) is 0 Å². The largest absolute Gasteiger partial charge is 0.306 e. The van der Waals surface area contributed by atoms with E-state index in [-0.39, 0.29) is 11.9 Å². The van der Waals surface area contributed by atoms with Crippen LogP contribution in [0, 0.1) is 26.6 Å². The van der Waals surface area contributed by atoms with Crippen LogP contribution in [0.4, 0.5) is 4.39 Å². The zero-order valence-electron chi connectivity index (χ0n) is 12.6. The predicted molar refractivity (Wildman–Crippen MR) is 82.3 cm³/mol. The molecule has 2 aromatic carbocycles. The smallest absolute Gasteiger partial charge is 0.123 e. The number of hydrogen-bond acceptors (Lipinski definition) is 1. The molecule has 0 bridgehead atoms. The molecule has 0 aromatic heterocycles. The number of aryl methyl sites for hydroxylation is 3. The van der Waals surface area contributed by atoms with Crippen LogP contribution in [0.3, 0.4) is 0 Å².